The molecular weight excluding hydrogens is 480 g/mol. The van der Waals surface area contributed by atoms with Crippen molar-refractivity contribution in [1.82, 2.24) is 0 Å². The first kappa shape index (κ1) is 22.4. The maximum atomic E-state index is 13.2. The van der Waals surface area contributed by atoms with E-state index in [1.807, 2.05) is 18.2 Å². The molecule has 9 heteroatoms. The summed E-state index contributed by atoms with van der Waals surface area (Å²) in [6.45, 7) is 0. The lowest BCUT2D eigenvalue weighted by Gasteiger charge is -2.25. The molecular formula is C25H21ClO7S. The largest absolute Gasteiger partial charge is 0.493 e. The SMILES string of the molecule is COc1cc2c(cc1OC)C(c1ccc(Cl)cc1)C1=C2OS(=O)(=O)c2cc(OC)c(OC)cc21. The van der Waals surface area contributed by atoms with Gasteiger partial charge >= 0.3 is 10.1 Å². The molecule has 7 nitrogen and oxygen atoms in total. The molecule has 0 saturated heterocycles. The molecule has 2 aliphatic rings. The van der Waals surface area contributed by atoms with E-state index in [0.29, 0.717) is 44.7 Å². The Morgan fingerprint density at radius 3 is 1.88 bits per heavy atom. The van der Waals surface area contributed by atoms with Crippen molar-refractivity contribution in [1.29, 1.82) is 0 Å². The average molecular weight is 501 g/mol. The molecule has 0 radical (unpaired) electrons. The van der Waals surface area contributed by atoms with Gasteiger partial charge in [-0.25, -0.2) is 0 Å². The zero-order chi connectivity index (χ0) is 24.2. The number of allylic oxidation sites excluding steroid dienone is 1. The summed E-state index contributed by atoms with van der Waals surface area (Å²) in [7, 11) is 1.90. The molecule has 1 unspecified atom stereocenters. The summed E-state index contributed by atoms with van der Waals surface area (Å²) in [5.41, 5.74) is 3.51. The predicted octanol–water partition coefficient (Wildman–Crippen LogP) is 5.11. The number of hydrogen-bond donors (Lipinski definition) is 0. The van der Waals surface area contributed by atoms with Crippen LogP contribution in [-0.4, -0.2) is 36.9 Å². The van der Waals surface area contributed by atoms with E-state index >= 15 is 0 Å². The number of halogens is 1. The molecule has 0 aromatic heterocycles. The molecule has 1 aliphatic heterocycles. The van der Waals surface area contributed by atoms with Crippen molar-refractivity contribution >= 4 is 33.1 Å². The van der Waals surface area contributed by atoms with Crippen LogP contribution in [0.3, 0.4) is 0 Å². The first-order valence-electron chi connectivity index (χ1n) is 10.3. The summed E-state index contributed by atoms with van der Waals surface area (Å²) in [6.07, 6.45) is 0. The van der Waals surface area contributed by atoms with Gasteiger partial charge in [0.25, 0.3) is 0 Å². The van der Waals surface area contributed by atoms with Crippen molar-refractivity contribution < 1.29 is 31.5 Å². The molecule has 0 amide bonds. The van der Waals surface area contributed by atoms with Gasteiger partial charge in [0.15, 0.2) is 28.8 Å². The Labute approximate surface area is 202 Å². The van der Waals surface area contributed by atoms with Gasteiger partial charge in [-0.1, -0.05) is 23.7 Å². The second-order valence-corrected chi connectivity index (χ2v) is 9.71. The Morgan fingerprint density at radius 2 is 1.29 bits per heavy atom. The van der Waals surface area contributed by atoms with Gasteiger partial charge < -0.3 is 23.1 Å². The smallest absolute Gasteiger partial charge is 0.340 e. The first-order chi connectivity index (χ1) is 16.3. The maximum Gasteiger partial charge on any atom is 0.340 e. The third kappa shape index (κ3) is 3.28. The van der Waals surface area contributed by atoms with Crippen LogP contribution in [0, 0.1) is 0 Å². The summed E-state index contributed by atoms with van der Waals surface area (Å²) in [5.74, 6) is 1.58. The molecule has 0 spiro atoms. The Hall–Kier alpha value is -3.36. The third-order valence-corrected chi connectivity index (χ3v) is 7.60. The lowest BCUT2D eigenvalue weighted by atomic mass is 9.85. The van der Waals surface area contributed by atoms with E-state index in [9.17, 15) is 8.42 Å². The fourth-order valence-electron chi connectivity index (χ4n) is 4.56. The van der Waals surface area contributed by atoms with Gasteiger partial charge in [0.1, 0.15) is 4.90 Å². The fraction of sp³-hybridized carbons (Fsp3) is 0.200. The molecule has 1 heterocycles. The van der Waals surface area contributed by atoms with Gasteiger partial charge in [-0.05, 0) is 41.5 Å². The molecule has 3 aromatic carbocycles. The van der Waals surface area contributed by atoms with Gasteiger partial charge in [0.05, 0.1) is 28.4 Å². The summed E-state index contributed by atoms with van der Waals surface area (Å²) < 4.78 is 54.0. The predicted molar refractivity (Wildman–Crippen MR) is 127 cm³/mol. The number of benzene rings is 3. The normalized spacial score (nSPS) is 17.3. The van der Waals surface area contributed by atoms with Crippen molar-refractivity contribution in [2.45, 2.75) is 10.8 Å². The maximum absolute atomic E-state index is 13.2. The minimum atomic E-state index is -4.13. The molecule has 0 N–H and O–H groups in total. The Bertz CT molecular complexity index is 1440. The zero-order valence-corrected chi connectivity index (χ0v) is 20.4. The summed E-state index contributed by atoms with van der Waals surface area (Å²) in [6, 6.07) is 14.1. The summed E-state index contributed by atoms with van der Waals surface area (Å²) in [5, 5.41) is 0.595. The van der Waals surface area contributed by atoms with E-state index in [1.54, 1.807) is 31.4 Å². The standard InChI is InChI=1S/C25H21ClO7S/c1-29-18-9-15-16(10-19(18)30-2)25-24(23(15)13-5-7-14(26)8-6-13)17-11-20(31-3)21(32-4)12-22(17)34(27,28)33-25/h5-12,23H,1-4H3. The quantitative estimate of drug-likeness (QED) is 0.450. The molecule has 34 heavy (non-hydrogen) atoms. The van der Waals surface area contributed by atoms with Gasteiger partial charge in [0.2, 0.25) is 0 Å². The average Bonchev–Trinajstić information content (AvgIpc) is 3.15. The van der Waals surface area contributed by atoms with Gasteiger partial charge in [-0.3, -0.25) is 0 Å². The zero-order valence-electron chi connectivity index (χ0n) is 18.8. The molecule has 0 bridgehead atoms. The van der Waals surface area contributed by atoms with Crippen molar-refractivity contribution in [3.63, 3.8) is 0 Å². The summed E-state index contributed by atoms with van der Waals surface area (Å²) >= 11 is 6.15. The lowest BCUT2D eigenvalue weighted by molar-refractivity contribution is 0.353. The highest BCUT2D eigenvalue weighted by molar-refractivity contribution is 7.87. The van der Waals surface area contributed by atoms with E-state index in [-0.39, 0.29) is 16.6 Å². The van der Waals surface area contributed by atoms with Gasteiger partial charge in [-0.15, -0.1) is 0 Å². The van der Waals surface area contributed by atoms with Crippen LogP contribution in [-0.2, 0) is 14.3 Å². The number of rotatable bonds is 5. The molecule has 0 fully saturated rings. The van der Waals surface area contributed by atoms with E-state index in [0.717, 1.165) is 11.1 Å². The highest BCUT2D eigenvalue weighted by atomic mass is 35.5. The minimum absolute atomic E-state index is 0.00889. The highest BCUT2D eigenvalue weighted by Crippen LogP contribution is 2.57. The van der Waals surface area contributed by atoms with Crippen LogP contribution in [0.4, 0.5) is 0 Å². The van der Waals surface area contributed by atoms with Crippen LogP contribution in [0.5, 0.6) is 23.0 Å². The number of ether oxygens (including phenoxy) is 4. The second kappa shape index (κ2) is 8.14. The van der Waals surface area contributed by atoms with Gasteiger partial charge in [0, 0.05) is 33.7 Å². The fourth-order valence-corrected chi connectivity index (χ4v) is 5.87. The minimum Gasteiger partial charge on any atom is -0.493 e. The van der Waals surface area contributed by atoms with Crippen LogP contribution in [0.1, 0.15) is 28.2 Å². The highest BCUT2D eigenvalue weighted by Gasteiger charge is 2.44. The van der Waals surface area contributed by atoms with Crippen LogP contribution >= 0.6 is 11.6 Å². The second-order valence-electron chi connectivity index (χ2n) is 7.76. The van der Waals surface area contributed by atoms with Crippen molar-refractivity contribution in [2.75, 3.05) is 28.4 Å². The molecule has 0 saturated carbocycles. The van der Waals surface area contributed by atoms with E-state index in [2.05, 4.69) is 0 Å². The Kier molecular flexibility index (Phi) is 5.37. The number of fused-ring (bicyclic) bond motifs is 4. The van der Waals surface area contributed by atoms with Crippen molar-refractivity contribution in [3.8, 4) is 23.0 Å². The molecule has 176 valence electrons. The van der Waals surface area contributed by atoms with E-state index < -0.39 is 10.1 Å². The monoisotopic (exact) mass is 500 g/mol. The van der Waals surface area contributed by atoms with Crippen LogP contribution < -0.4 is 18.9 Å². The van der Waals surface area contributed by atoms with E-state index in [1.165, 1.54) is 27.4 Å². The van der Waals surface area contributed by atoms with Gasteiger partial charge in [-0.2, -0.15) is 8.42 Å². The van der Waals surface area contributed by atoms with Crippen molar-refractivity contribution in [2.24, 2.45) is 0 Å². The first-order valence-corrected chi connectivity index (χ1v) is 12.1. The molecule has 1 atom stereocenters. The van der Waals surface area contributed by atoms with Crippen LogP contribution in [0.25, 0.3) is 11.3 Å². The topological polar surface area (TPSA) is 80.3 Å². The summed E-state index contributed by atoms with van der Waals surface area (Å²) in [4.78, 5) is 0.00889. The van der Waals surface area contributed by atoms with Crippen molar-refractivity contribution in [3.05, 3.63) is 75.8 Å². The Morgan fingerprint density at radius 1 is 0.765 bits per heavy atom. The van der Waals surface area contributed by atoms with Crippen LogP contribution in [0.2, 0.25) is 5.02 Å². The lowest BCUT2D eigenvalue weighted by Crippen LogP contribution is -2.15. The number of methoxy groups -OCH3 is 4. The molecule has 3 aromatic rings. The number of hydrogen-bond acceptors (Lipinski definition) is 7. The van der Waals surface area contributed by atoms with Crippen LogP contribution in [0.15, 0.2) is 53.4 Å². The Balaban J connectivity index is 1.86. The molecule has 5 rings (SSSR count). The van der Waals surface area contributed by atoms with E-state index in [4.69, 9.17) is 34.7 Å². The third-order valence-electron chi connectivity index (χ3n) is 6.09. The molecule has 1 aliphatic carbocycles.